The van der Waals surface area contributed by atoms with Gasteiger partial charge in [0.2, 0.25) is 5.88 Å². The highest BCUT2D eigenvalue weighted by molar-refractivity contribution is 5.81. The van der Waals surface area contributed by atoms with Crippen LogP contribution in [0.5, 0.6) is 23.1 Å². The van der Waals surface area contributed by atoms with Gasteiger partial charge in [-0.1, -0.05) is 6.07 Å². The first-order valence-corrected chi connectivity index (χ1v) is 11.3. The van der Waals surface area contributed by atoms with E-state index >= 15 is 0 Å². The van der Waals surface area contributed by atoms with Crippen molar-refractivity contribution in [2.45, 2.75) is 38.3 Å². The molecule has 168 valence electrons. The van der Waals surface area contributed by atoms with E-state index in [1.165, 1.54) is 5.56 Å². The summed E-state index contributed by atoms with van der Waals surface area (Å²) in [7, 11) is 1.62. The molecule has 0 atom stereocenters. The molecule has 5 rings (SSSR count). The Morgan fingerprint density at radius 2 is 1.84 bits per heavy atom. The molecular weight excluding hydrogens is 406 g/mol. The smallest absolute Gasteiger partial charge is 0.213 e. The third kappa shape index (κ3) is 4.72. The maximum absolute atomic E-state index is 6.17. The Kier molecular flexibility index (Phi) is 6.25. The molecule has 1 aliphatic heterocycles. The molecule has 0 saturated heterocycles. The quantitative estimate of drug-likeness (QED) is 0.598. The summed E-state index contributed by atoms with van der Waals surface area (Å²) in [5, 5.41) is 3.71. The lowest BCUT2D eigenvalue weighted by molar-refractivity contribution is 0.171. The number of pyridine rings is 2. The van der Waals surface area contributed by atoms with Crippen molar-refractivity contribution in [3.8, 4) is 23.1 Å². The number of methoxy groups -OCH3 is 1. The highest BCUT2D eigenvalue weighted by atomic mass is 16.6. The highest BCUT2D eigenvalue weighted by Crippen LogP contribution is 2.31. The van der Waals surface area contributed by atoms with Gasteiger partial charge in [-0.15, -0.1) is 0 Å². The fraction of sp³-hybridized carbons (Fsp3) is 0.440. The van der Waals surface area contributed by atoms with Crippen LogP contribution < -0.4 is 24.3 Å². The first-order chi connectivity index (χ1) is 15.8. The minimum absolute atomic E-state index is 0.534. The molecule has 0 radical (unpaired) electrons. The number of benzene rings is 1. The van der Waals surface area contributed by atoms with Crippen LogP contribution in [0.3, 0.4) is 0 Å². The van der Waals surface area contributed by atoms with Crippen molar-refractivity contribution >= 4 is 11.0 Å². The van der Waals surface area contributed by atoms with Crippen LogP contribution >= 0.6 is 0 Å². The van der Waals surface area contributed by atoms with Crippen LogP contribution in [0, 0.1) is 5.92 Å². The summed E-state index contributed by atoms with van der Waals surface area (Å²) < 4.78 is 22.7. The van der Waals surface area contributed by atoms with Crippen LogP contribution in [0.1, 0.15) is 31.2 Å². The van der Waals surface area contributed by atoms with Gasteiger partial charge in [-0.2, -0.15) is 0 Å². The molecule has 7 nitrogen and oxygen atoms in total. The molecule has 2 aliphatic rings. The van der Waals surface area contributed by atoms with Crippen molar-refractivity contribution in [2.75, 3.05) is 26.9 Å². The van der Waals surface area contributed by atoms with Crippen LogP contribution in [0.25, 0.3) is 11.0 Å². The number of nitrogens with zero attached hydrogens (tertiary/aromatic N) is 2. The molecule has 1 N–H and O–H groups in total. The Morgan fingerprint density at radius 3 is 2.69 bits per heavy atom. The topological polar surface area (TPSA) is 74.7 Å². The summed E-state index contributed by atoms with van der Waals surface area (Å²) in [5.74, 6) is 3.59. The van der Waals surface area contributed by atoms with E-state index in [-0.39, 0.29) is 0 Å². The molecule has 1 aliphatic carbocycles. The predicted molar refractivity (Wildman–Crippen MR) is 122 cm³/mol. The van der Waals surface area contributed by atoms with Gasteiger partial charge >= 0.3 is 0 Å². The standard InChI is InChI=1S/C25H29N3O4/c1-29-24-9-7-20-25(28-24)22(10-11-26-20)32-16-17-2-5-19(6-3-17)27-15-18-4-8-21-23(14-18)31-13-12-30-21/h4,7-11,14,17,19,27H,2-3,5-6,12-13,15-16H2,1H3/t17-,19-. The molecule has 1 aromatic carbocycles. The van der Waals surface area contributed by atoms with Gasteiger partial charge in [0.25, 0.3) is 0 Å². The van der Waals surface area contributed by atoms with Crippen molar-refractivity contribution < 1.29 is 18.9 Å². The third-order valence-corrected chi connectivity index (χ3v) is 6.25. The van der Waals surface area contributed by atoms with Gasteiger partial charge < -0.3 is 24.3 Å². The van der Waals surface area contributed by atoms with Crippen molar-refractivity contribution in [1.29, 1.82) is 0 Å². The summed E-state index contributed by atoms with van der Waals surface area (Å²) >= 11 is 0. The molecule has 1 saturated carbocycles. The number of hydrogen-bond acceptors (Lipinski definition) is 7. The summed E-state index contributed by atoms with van der Waals surface area (Å²) in [6.07, 6.45) is 6.38. The Hall–Kier alpha value is -3.06. The summed E-state index contributed by atoms with van der Waals surface area (Å²) in [6.45, 7) is 2.79. The summed E-state index contributed by atoms with van der Waals surface area (Å²) in [5.41, 5.74) is 2.80. The van der Waals surface area contributed by atoms with E-state index in [1.54, 1.807) is 13.3 Å². The normalized spacial score (nSPS) is 20.2. The van der Waals surface area contributed by atoms with E-state index in [4.69, 9.17) is 18.9 Å². The molecule has 1 fully saturated rings. The second-order valence-corrected chi connectivity index (χ2v) is 8.42. The molecular formula is C25H29N3O4. The molecule has 0 amide bonds. The number of ether oxygens (including phenoxy) is 4. The lowest BCUT2D eigenvalue weighted by Gasteiger charge is -2.29. The zero-order chi connectivity index (χ0) is 21.8. The fourth-order valence-electron chi connectivity index (χ4n) is 4.41. The summed E-state index contributed by atoms with van der Waals surface area (Å²) in [4.78, 5) is 8.88. The minimum atomic E-state index is 0.534. The Labute approximate surface area is 188 Å². The number of fused-ring (bicyclic) bond motifs is 2. The van der Waals surface area contributed by atoms with Crippen LogP contribution in [0.2, 0.25) is 0 Å². The van der Waals surface area contributed by atoms with Gasteiger partial charge in [0, 0.05) is 30.9 Å². The van der Waals surface area contributed by atoms with Gasteiger partial charge in [-0.3, -0.25) is 4.98 Å². The van der Waals surface area contributed by atoms with E-state index in [2.05, 4.69) is 27.4 Å². The van der Waals surface area contributed by atoms with E-state index in [0.717, 1.165) is 60.5 Å². The van der Waals surface area contributed by atoms with Crippen molar-refractivity contribution in [3.63, 3.8) is 0 Å². The monoisotopic (exact) mass is 435 g/mol. The number of rotatable bonds is 7. The van der Waals surface area contributed by atoms with Gasteiger partial charge in [0.15, 0.2) is 11.5 Å². The maximum Gasteiger partial charge on any atom is 0.213 e. The van der Waals surface area contributed by atoms with E-state index in [0.29, 0.717) is 37.7 Å². The maximum atomic E-state index is 6.17. The number of aromatic nitrogens is 2. The first kappa shape index (κ1) is 20.8. The lowest BCUT2D eigenvalue weighted by atomic mass is 9.86. The molecule has 3 aromatic rings. The Morgan fingerprint density at radius 1 is 1.00 bits per heavy atom. The minimum Gasteiger partial charge on any atom is -0.491 e. The molecule has 0 unspecified atom stereocenters. The molecule has 0 spiro atoms. The fourth-order valence-corrected chi connectivity index (χ4v) is 4.41. The van der Waals surface area contributed by atoms with E-state index in [1.807, 2.05) is 24.3 Å². The largest absolute Gasteiger partial charge is 0.491 e. The zero-order valence-electron chi connectivity index (χ0n) is 18.4. The van der Waals surface area contributed by atoms with E-state index < -0.39 is 0 Å². The van der Waals surface area contributed by atoms with Crippen LogP contribution in [-0.2, 0) is 6.54 Å². The number of hydrogen-bond donors (Lipinski definition) is 1. The SMILES string of the molecule is COc1ccc2nccc(OC[C@H]3CC[C@H](NCc4ccc5c(c4)OCCO5)CC3)c2n1. The molecule has 0 bridgehead atoms. The van der Waals surface area contributed by atoms with Gasteiger partial charge in [0.1, 0.15) is 24.5 Å². The molecule has 2 aromatic heterocycles. The lowest BCUT2D eigenvalue weighted by Crippen LogP contribution is -2.34. The second kappa shape index (κ2) is 9.61. The first-order valence-electron chi connectivity index (χ1n) is 11.3. The van der Waals surface area contributed by atoms with Crippen LogP contribution in [-0.4, -0.2) is 42.9 Å². The average Bonchev–Trinajstić information content (AvgIpc) is 2.86. The molecule has 3 heterocycles. The Balaban J connectivity index is 1.10. The molecule has 32 heavy (non-hydrogen) atoms. The van der Waals surface area contributed by atoms with Crippen molar-refractivity contribution in [1.82, 2.24) is 15.3 Å². The number of nitrogens with one attached hydrogen (secondary N) is 1. The van der Waals surface area contributed by atoms with Gasteiger partial charge in [-0.05, 0) is 55.4 Å². The van der Waals surface area contributed by atoms with Crippen LogP contribution in [0.4, 0.5) is 0 Å². The predicted octanol–water partition coefficient (Wildman–Crippen LogP) is 4.14. The van der Waals surface area contributed by atoms with Gasteiger partial charge in [0.05, 0.1) is 19.2 Å². The van der Waals surface area contributed by atoms with Crippen molar-refractivity contribution in [2.24, 2.45) is 5.92 Å². The highest BCUT2D eigenvalue weighted by Gasteiger charge is 2.22. The molecule has 7 heteroatoms. The van der Waals surface area contributed by atoms with Crippen molar-refractivity contribution in [3.05, 3.63) is 48.2 Å². The van der Waals surface area contributed by atoms with Gasteiger partial charge in [-0.25, -0.2) is 4.98 Å². The van der Waals surface area contributed by atoms with E-state index in [9.17, 15) is 0 Å². The summed E-state index contributed by atoms with van der Waals surface area (Å²) in [6, 6.07) is 12.4. The zero-order valence-corrected chi connectivity index (χ0v) is 18.4. The Bertz CT molecular complexity index is 1070. The average molecular weight is 436 g/mol. The second-order valence-electron chi connectivity index (χ2n) is 8.42. The third-order valence-electron chi connectivity index (χ3n) is 6.25. The van der Waals surface area contributed by atoms with Crippen LogP contribution in [0.15, 0.2) is 42.6 Å².